The Morgan fingerprint density at radius 2 is 2.05 bits per heavy atom. The van der Waals surface area contributed by atoms with E-state index in [9.17, 15) is 10.2 Å². The van der Waals surface area contributed by atoms with Crippen molar-refractivity contribution in [2.75, 3.05) is 0 Å². The van der Waals surface area contributed by atoms with Crippen molar-refractivity contribution in [3.8, 4) is 5.75 Å². The highest BCUT2D eigenvalue weighted by molar-refractivity contribution is 5.40. The van der Waals surface area contributed by atoms with Crippen molar-refractivity contribution in [1.29, 1.82) is 0 Å². The zero-order chi connectivity index (χ0) is 13.9. The molecule has 1 aromatic carbocycles. The maximum atomic E-state index is 10.3. The van der Waals surface area contributed by atoms with Crippen molar-refractivity contribution in [3.63, 3.8) is 0 Å². The van der Waals surface area contributed by atoms with Gasteiger partial charge in [-0.3, -0.25) is 0 Å². The fourth-order valence-corrected chi connectivity index (χ4v) is 5.00. The Morgan fingerprint density at radius 3 is 2.90 bits per heavy atom. The number of hydrogen-bond acceptors (Lipinski definition) is 2. The van der Waals surface area contributed by atoms with Gasteiger partial charge >= 0.3 is 0 Å². The van der Waals surface area contributed by atoms with Crippen LogP contribution in [0.1, 0.15) is 43.2 Å². The van der Waals surface area contributed by atoms with Crippen LogP contribution >= 0.6 is 0 Å². The van der Waals surface area contributed by atoms with E-state index in [1.54, 1.807) is 0 Å². The maximum Gasteiger partial charge on any atom is 0.115 e. The van der Waals surface area contributed by atoms with Crippen LogP contribution in [0.25, 0.3) is 0 Å². The predicted molar refractivity (Wildman–Crippen MR) is 78.6 cm³/mol. The number of phenolic OH excluding ortho intramolecular Hbond substituents is 1. The number of aryl methyl sites for hydroxylation is 1. The molecule has 0 amide bonds. The second kappa shape index (κ2) is 4.11. The Hall–Kier alpha value is -1.28. The Labute approximate surface area is 120 Å². The summed E-state index contributed by atoms with van der Waals surface area (Å²) in [6.07, 6.45) is 8.50. The molecule has 2 N–H and O–H groups in total. The lowest BCUT2D eigenvalue weighted by atomic mass is 9.55. The smallest absolute Gasteiger partial charge is 0.115 e. The van der Waals surface area contributed by atoms with E-state index in [2.05, 4.69) is 19.1 Å². The summed E-state index contributed by atoms with van der Waals surface area (Å²) in [6, 6.07) is 5.90. The molecule has 0 bridgehead atoms. The van der Waals surface area contributed by atoms with E-state index in [1.807, 2.05) is 18.2 Å². The lowest BCUT2D eigenvalue weighted by Crippen LogP contribution is -2.44. The van der Waals surface area contributed by atoms with Gasteiger partial charge in [-0.25, -0.2) is 0 Å². The normalized spacial score (nSPS) is 41.9. The van der Waals surface area contributed by atoms with Crippen LogP contribution in [0.3, 0.4) is 0 Å². The van der Waals surface area contributed by atoms with Gasteiger partial charge in [-0.05, 0) is 66.7 Å². The molecule has 0 spiro atoms. The zero-order valence-electron chi connectivity index (χ0n) is 11.9. The molecule has 106 valence electrons. The molecular weight excluding hydrogens is 248 g/mol. The van der Waals surface area contributed by atoms with Crippen molar-refractivity contribution in [2.24, 2.45) is 17.3 Å². The van der Waals surface area contributed by atoms with Gasteiger partial charge in [0.2, 0.25) is 0 Å². The molecular formula is C18H22O2. The first-order valence-electron chi connectivity index (χ1n) is 7.78. The van der Waals surface area contributed by atoms with Gasteiger partial charge < -0.3 is 10.2 Å². The van der Waals surface area contributed by atoms with E-state index >= 15 is 0 Å². The molecule has 0 aliphatic heterocycles. The maximum absolute atomic E-state index is 10.3. The minimum Gasteiger partial charge on any atom is -0.508 e. The van der Waals surface area contributed by atoms with Crippen LogP contribution in [-0.4, -0.2) is 16.3 Å². The number of phenols is 1. The molecule has 2 heteroatoms. The number of benzene rings is 1. The molecule has 0 radical (unpaired) electrons. The third-order valence-electron chi connectivity index (χ3n) is 6.18. The lowest BCUT2D eigenvalue weighted by molar-refractivity contribution is -0.0101. The van der Waals surface area contributed by atoms with Gasteiger partial charge in [0.1, 0.15) is 5.75 Å². The first-order valence-corrected chi connectivity index (χ1v) is 7.78. The average Bonchev–Trinajstić information content (AvgIpc) is 2.74. The van der Waals surface area contributed by atoms with Crippen molar-refractivity contribution in [1.82, 2.24) is 0 Å². The number of hydrogen-bond donors (Lipinski definition) is 2. The van der Waals surface area contributed by atoms with E-state index in [-0.39, 0.29) is 11.5 Å². The monoisotopic (exact) mass is 270 g/mol. The summed E-state index contributed by atoms with van der Waals surface area (Å²) in [4.78, 5) is 0. The summed E-state index contributed by atoms with van der Waals surface area (Å²) in [5.74, 6) is 2.16. The fraction of sp³-hybridized carbons (Fsp3) is 0.556. The first-order chi connectivity index (χ1) is 9.59. The van der Waals surface area contributed by atoms with Gasteiger partial charge in [0.05, 0.1) is 6.10 Å². The lowest BCUT2D eigenvalue weighted by Gasteiger charge is -2.50. The highest BCUT2D eigenvalue weighted by atomic mass is 16.3. The summed E-state index contributed by atoms with van der Waals surface area (Å²) in [7, 11) is 0. The van der Waals surface area contributed by atoms with E-state index in [0.717, 1.165) is 19.3 Å². The number of allylic oxidation sites excluding steroid dienone is 1. The molecule has 20 heavy (non-hydrogen) atoms. The number of aliphatic hydroxyl groups is 1. The predicted octanol–water partition coefficient (Wildman–Crippen LogP) is 3.39. The summed E-state index contributed by atoms with van der Waals surface area (Å²) >= 11 is 0. The van der Waals surface area contributed by atoms with Gasteiger partial charge in [-0.1, -0.05) is 25.1 Å². The Kier molecular flexibility index (Phi) is 2.56. The summed E-state index contributed by atoms with van der Waals surface area (Å²) in [6.45, 7) is 2.25. The number of fused-ring (bicyclic) bond motifs is 5. The fourth-order valence-electron chi connectivity index (χ4n) is 5.00. The van der Waals surface area contributed by atoms with Gasteiger partial charge in [0, 0.05) is 5.41 Å². The van der Waals surface area contributed by atoms with E-state index in [1.165, 1.54) is 17.5 Å². The molecule has 5 atom stereocenters. The Bertz CT molecular complexity index is 577. The van der Waals surface area contributed by atoms with Crippen LogP contribution in [0, 0.1) is 17.3 Å². The molecule has 1 aromatic rings. The van der Waals surface area contributed by atoms with Gasteiger partial charge in [-0.15, -0.1) is 0 Å². The van der Waals surface area contributed by atoms with Gasteiger partial charge in [0.25, 0.3) is 0 Å². The van der Waals surface area contributed by atoms with E-state index in [4.69, 9.17) is 0 Å². The van der Waals surface area contributed by atoms with E-state index in [0.29, 0.717) is 23.5 Å². The SMILES string of the molecule is C[C@]12CCC3c4ccc(O)cc4CCC3C1C=C[C@@H]2O. The van der Waals surface area contributed by atoms with Crippen molar-refractivity contribution in [3.05, 3.63) is 41.5 Å². The summed E-state index contributed by atoms with van der Waals surface area (Å²) in [5.41, 5.74) is 2.82. The molecule has 3 aliphatic rings. The molecule has 2 nitrogen and oxygen atoms in total. The van der Waals surface area contributed by atoms with Crippen LogP contribution in [0.15, 0.2) is 30.4 Å². The first kappa shape index (κ1) is 12.5. The van der Waals surface area contributed by atoms with Crippen LogP contribution in [0.5, 0.6) is 5.75 Å². The number of aromatic hydroxyl groups is 1. The second-order valence-corrected chi connectivity index (χ2v) is 7.09. The number of rotatable bonds is 0. The van der Waals surface area contributed by atoms with Crippen LogP contribution in [-0.2, 0) is 6.42 Å². The average molecular weight is 270 g/mol. The van der Waals surface area contributed by atoms with E-state index < -0.39 is 0 Å². The largest absolute Gasteiger partial charge is 0.508 e. The summed E-state index contributed by atoms with van der Waals surface area (Å²) in [5, 5.41) is 20.0. The third kappa shape index (κ3) is 1.54. The molecule has 0 heterocycles. The van der Waals surface area contributed by atoms with Crippen molar-refractivity contribution < 1.29 is 10.2 Å². The number of aliphatic hydroxyl groups excluding tert-OH is 1. The minimum atomic E-state index is -0.269. The minimum absolute atomic E-state index is 0.0512. The van der Waals surface area contributed by atoms with Crippen LogP contribution in [0.2, 0.25) is 0 Å². The highest BCUT2D eigenvalue weighted by Crippen LogP contribution is 2.58. The van der Waals surface area contributed by atoms with Crippen LogP contribution in [0.4, 0.5) is 0 Å². The molecule has 4 rings (SSSR count). The highest BCUT2D eigenvalue weighted by Gasteiger charge is 2.52. The molecule has 3 aliphatic carbocycles. The third-order valence-corrected chi connectivity index (χ3v) is 6.18. The quantitative estimate of drug-likeness (QED) is 0.709. The molecule has 1 fully saturated rings. The molecule has 3 unspecified atom stereocenters. The summed E-state index contributed by atoms with van der Waals surface area (Å²) < 4.78 is 0. The molecule has 1 saturated carbocycles. The van der Waals surface area contributed by atoms with Crippen LogP contribution < -0.4 is 0 Å². The van der Waals surface area contributed by atoms with Crippen molar-refractivity contribution >= 4 is 0 Å². The molecule has 0 aromatic heterocycles. The second-order valence-electron chi connectivity index (χ2n) is 7.09. The molecule has 0 saturated heterocycles. The topological polar surface area (TPSA) is 40.5 Å². The Balaban J connectivity index is 1.73. The standard InChI is InChI=1S/C18H22O2/c1-18-9-8-14-13-5-3-12(19)10-11(13)2-4-15(14)16(18)6-7-17(18)20/h3,5-7,10,14-17,19-20H,2,4,8-9H2,1H3/t14?,15?,16?,17-,18-/m0/s1. The zero-order valence-corrected chi connectivity index (χ0v) is 11.9. The van der Waals surface area contributed by atoms with Crippen molar-refractivity contribution in [2.45, 2.75) is 44.6 Å². The Morgan fingerprint density at radius 1 is 1.20 bits per heavy atom. The van der Waals surface area contributed by atoms with Gasteiger partial charge in [0.15, 0.2) is 0 Å². The van der Waals surface area contributed by atoms with Gasteiger partial charge in [-0.2, -0.15) is 0 Å².